The smallest absolute Gasteiger partial charge is 0.295 e. The molecule has 1 aliphatic rings. The molecule has 1 saturated heterocycles. The Balaban J connectivity index is 2.11. The van der Waals surface area contributed by atoms with Crippen LogP contribution in [0.3, 0.4) is 0 Å². The van der Waals surface area contributed by atoms with E-state index in [1.807, 2.05) is 38.1 Å². The quantitative estimate of drug-likeness (QED) is 0.393. The van der Waals surface area contributed by atoms with Gasteiger partial charge in [0.1, 0.15) is 11.5 Å². The van der Waals surface area contributed by atoms with E-state index in [1.54, 1.807) is 31.4 Å². The number of hydrogen-bond donors (Lipinski definition) is 1. The van der Waals surface area contributed by atoms with Crippen molar-refractivity contribution in [2.75, 3.05) is 20.3 Å². The highest BCUT2D eigenvalue weighted by Gasteiger charge is 2.45. The summed E-state index contributed by atoms with van der Waals surface area (Å²) in [5, 5.41) is 11.1. The highest BCUT2D eigenvalue weighted by atomic mass is 16.5. The van der Waals surface area contributed by atoms with Gasteiger partial charge in [0, 0.05) is 19.2 Å². The molecule has 6 heteroatoms. The van der Waals surface area contributed by atoms with Gasteiger partial charge in [0.15, 0.2) is 0 Å². The number of Topliss-reactive ketones (excluding diaryl/α,β-unsaturated/α-hetero) is 1. The summed E-state index contributed by atoms with van der Waals surface area (Å²) in [7, 11) is 1.54. The third kappa shape index (κ3) is 4.80. The molecule has 164 valence electrons. The summed E-state index contributed by atoms with van der Waals surface area (Å²) in [6.07, 6.45) is 0.848. The zero-order valence-electron chi connectivity index (χ0n) is 18.4. The molecule has 1 aliphatic heterocycles. The van der Waals surface area contributed by atoms with Gasteiger partial charge in [0.25, 0.3) is 11.7 Å². The third-order valence-electron chi connectivity index (χ3n) is 5.26. The van der Waals surface area contributed by atoms with Crippen molar-refractivity contribution in [2.45, 2.75) is 39.3 Å². The van der Waals surface area contributed by atoms with Crippen LogP contribution in [0.4, 0.5) is 0 Å². The Bertz CT molecular complexity index is 978. The van der Waals surface area contributed by atoms with Gasteiger partial charge in [-0.3, -0.25) is 9.59 Å². The molecule has 1 heterocycles. The number of nitrogens with zero attached hydrogens (tertiary/aromatic N) is 1. The second-order valence-corrected chi connectivity index (χ2v) is 7.77. The molecule has 2 aromatic rings. The third-order valence-corrected chi connectivity index (χ3v) is 5.26. The first kappa shape index (κ1) is 22.6. The van der Waals surface area contributed by atoms with E-state index < -0.39 is 17.7 Å². The van der Waals surface area contributed by atoms with Gasteiger partial charge in [0.2, 0.25) is 0 Å². The summed E-state index contributed by atoms with van der Waals surface area (Å²) in [6.45, 7) is 6.41. The van der Waals surface area contributed by atoms with E-state index in [-0.39, 0.29) is 30.6 Å². The fraction of sp³-hybridized carbons (Fsp3) is 0.360. The number of aliphatic hydroxyl groups is 1. The Hall–Kier alpha value is -3.12. The minimum Gasteiger partial charge on any atom is -0.507 e. The lowest BCUT2D eigenvalue weighted by molar-refractivity contribution is -0.140. The minimum absolute atomic E-state index is 0.0332. The Morgan fingerprint density at radius 1 is 1.13 bits per heavy atom. The fourth-order valence-electron chi connectivity index (χ4n) is 3.73. The minimum atomic E-state index is -0.701. The topological polar surface area (TPSA) is 76.1 Å². The van der Waals surface area contributed by atoms with Gasteiger partial charge < -0.3 is 19.5 Å². The van der Waals surface area contributed by atoms with Crippen molar-refractivity contribution in [3.05, 3.63) is 70.8 Å². The lowest BCUT2D eigenvalue weighted by atomic mass is 9.94. The molecule has 1 unspecified atom stereocenters. The van der Waals surface area contributed by atoms with Gasteiger partial charge in [-0.2, -0.15) is 0 Å². The zero-order chi connectivity index (χ0) is 22.5. The van der Waals surface area contributed by atoms with E-state index >= 15 is 0 Å². The predicted octanol–water partition coefficient (Wildman–Crippen LogP) is 4.10. The summed E-state index contributed by atoms with van der Waals surface area (Å²) in [6, 6.07) is 14.0. The molecule has 0 saturated carbocycles. The molecule has 0 aliphatic carbocycles. The maximum Gasteiger partial charge on any atom is 0.295 e. The predicted molar refractivity (Wildman–Crippen MR) is 119 cm³/mol. The number of hydrogen-bond acceptors (Lipinski definition) is 5. The van der Waals surface area contributed by atoms with Crippen LogP contribution in [-0.4, -0.2) is 48.1 Å². The number of likely N-dealkylation sites (tertiary alicyclic amines) is 1. The van der Waals surface area contributed by atoms with Crippen molar-refractivity contribution < 1.29 is 24.2 Å². The van der Waals surface area contributed by atoms with Gasteiger partial charge in [0.05, 0.1) is 24.3 Å². The maximum atomic E-state index is 13.0. The number of benzene rings is 2. The number of rotatable bonds is 8. The summed E-state index contributed by atoms with van der Waals surface area (Å²) in [4.78, 5) is 27.3. The number of methoxy groups -OCH3 is 1. The van der Waals surface area contributed by atoms with E-state index in [1.165, 1.54) is 4.90 Å². The molecule has 1 N–H and O–H groups in total. The SMILES string of the molecule is CCc1ccc(C2/C(=C(/O)c3cccc(OC(C)C)c3)C(=O)C(=O)N2CCOC)cc1. The monoisotopic (exact) mass is 423 g/mol. The van der Waals surface area contributed by atoms with Crippen LogP contribution >= 0.6 is 0 Å². The van der Waals surface area contributed by atoms with Crippen molar-refractivity contribution in [1.29, 1.82) is 0 Å². The molecule has 3 rings (SSSR count). The molecule has 0 aromatic heterocycles. The van der Waals surface area contributed by atoms with E-state index in [0.29, 0.717) is 11.3 Å². The Morgan fingerprint density at radius 2 is 1.84 bits per heavy atom. The van der Waals surface area contributed by atoms with Crippen molar-refractivity contribution in [1.82, 2.24) is 4.90 Å². The van der Waals surface area contributed by atoms with Gasteiger partial charge in [-0.15, -0.1) is 0 Å². The second-order valence-electron chi connectivity index (χ2n) is 7.77. The van der Waals surface area contributed by atoms with Gasteiger partial charge in [-0.05, 0) is 43.5 Å². The fourth-order valence-corrected chi connectivity index (χ4v) is 3.73. The number of ketones is 1. The largest absolute Gasteiger partial charge is 0.507 e. The standard InChI is InChI=1S/C25H29NO5/c1-5-17-9-11-18(12-10-17)22-21(24(28)25(29)26(22)13-14-30-4)23(27)19-7-6-8-20(15-19)31-16(2)3/h6-12,15-16,22,27H,5,13-14H2,1-4H3/b23-21-. The maximum absolute atomic E-state index is 13.0. The molecule has 6 nitrogen and oxygen atoms in total. The average Bonchev–Trinajstić information content (AvgIpc) is 3.01. The Labute approximate surface area is 183 Å². The first-order valence-corrected chi connectivity index (χ1v) is 10.5. The van der Waals surface area contributed by atoms with Crippen LogP contribution < -0.4 is 4.74 Å². The molecule has 1 amide bonds. The van der Waals surface area contributed by atoms with Crippen LogP contribution in [0.25, 0.3) is 5.76 Å². The lowest BCUT2D eigenvalue weighted by Gasteiger charge is -2.25. The molecule has 0 bridgehead atoms. The first-order valence-electron chi connectivity index (χ1n) is 10.5. The van der Waals surface area contributed by atoms with E-state index in [0.717, 1.165) is 17.5 Å². The number of amides is 1. The van der Waals surface area contributed by atoms with Crippen LogP contribution in [0.15, 0.2) is 54.1 Å². The molecule has 0 spiro atoms. The molecule has 2 aromatic carbocycles. The average molecular weight is 424 g/mol. The molecular weight excluding hydrogens is 394 g/mol. The van der Waals surface area contributed by atoms with E-state index in [4.69, 9.17) is 9.47 Å². The second kappa shape index (κ2) is 9.79. The molecule has 0 radical (unpaired) electrons. The van der Waals surface area contributed by atoms with Gasteiger partial charge in [-0.1, -0.05) is 43.3 Å². The highest BCUT2D eigenvalue weighted by molar-refractivity contribution is 6.46. The highest BCUT2D eigenvalue weighted by Crippen LogP contribution is 2.39. The normalized spacial score (nSPS) is 18.1. The molecule has 1 atom stereocenters. The van der Waals surface area contributed by atoms with E-state index in [9.17, 15) is 14.7 Å². The summed E-state index contributed by atoms with van der Waals surface area (Å²) in [5.74, 6) is -0.973. The number of carbonyl (C=O) groups excluding carboxylic acids is 2. The number of aliphatic hydroxyl groups excluding tert-OH is 1. The summed E-state index contributed by atoms with van der Waals surface area (Å²) < 4.78 is 10.9. The molecular formula is C25H29NO5. The summed E-state index contributed by atoms with van der Waals surface area (Å²) in [5.41, 5.74) is 2.42. The van der Waals surface area contributed by atoms with Crippen molar-refractivity contribution in [3.8, 4) is 5.75 Å². The van der Waals surface area contributed by atoms with Gasteiger partial charge in [-0.25, -0.2) is 0 Å². The van der Waals surface area contributed by atoms with Gasteiger partial charge >= 0.3 is 0 Å². The van der Waals surface area contributed by atoms with Crippen molar-refractivity contribution in [2.24, 2.45) is 0 Å². The first-order chi connectivity index (χ1) is 14.9. The van der Waals surface area contributed by atoms with Crippen molar-refractivity contribution in [3.63, 3.8) is 0 Å². The lowest BCUT2D eigenvalue weighted by Crippen LogP contribution is -2.32. The van der Waals surface area contributed by atoms with Crippen LogP contribution in [-0.2, 0) is 20.7 Å². The summed E-state index contributed by atoms with van der Waals surface area (Å²) >= 11 is 0. The zero-order valence-corrected chi connectivity index (χ0v) is 18.4. The Kier molecular flexibility index (Phi) is 7.13. The van der Waals surface area contributed by atoms with Crippen molar-refractivity contribution >= 4 is 17.4 Å². The Morgan fingerprint density at radius 3 is 2.45 bits per heavy atom. The van der Waals surface area contributed by atoms with Crippen LogP contribution in [0, 0.1) is 0 Å². The van der Waals surface area contributed by atoms with Crippen LogP contribution in [0.5, 0.6) is 5.75 Å². The molecule has 1 fully saturated rings. The number of ether oxygens (including phenoxy) is 2. The van der Waals surface area contributed by atoms with Crippen LogP contribution in [0.2, 0.25) is 0 Å². The number of carbonyl (C=O) groups is 2. The van der Waals surface area contributed by atoms with Crippen LogP contribution in [0.1, 0.15) is 43.5 Å². The number of aryl methyl sites for hydroxylation is 1. The van der Waals surface area contributed by atoms with E-state index in [2.05, 4.69) is 6.92 Å². The molecule has 31 heavy (non-hydrogen) atoms.